The van der Waals surface area contributed by atoms with E-state index in [2.05, 4.69) is 39.7 Å². The Kier molecular flexibility index (Phi) is 7.28. The van der Waals surface area contributed by atoms with Crippen LogP contribution in [0.15, 0.2) is 52.2 Å². The average molecular weight is 361 g/mol. The van der Waals surface area contributed by atoms with Gasteiger partial charge in [0.15, 0.2) is 5.96 Å². The Balaban J connectivity index is 1.87. The molecule has 2 rings (SSSR count). The molecule has 0 radical (unpaired) electrons. The number of anilines is 1. The molecule has 5 nitrogen and oxygen atoms in total. The van der Waals surface area contributed by atoms with Gasteiger partial charge < -0.3 is 20.6 Å². The highest BCUT2D eigenvalue weighted by Gasteiger charge is 2.23. The third kappa shape index (κ3) is 6.07. The number of nitrogens with one attached hydrogen (secondary N) is 2. The zero-order valence-electron chi connectivity index (χ0n) is 15.2. The molecule has 0 saturated carbocycles. The highest BCUT2D eigenvalue weighted by atomic mass is 32.1. The number of thiophene rings is 1. The van der Waals surface area contributed by atoms with E-state index in [4.69, 9.17) is 0 Å². The van der Waals surface area contributed by atoms with Crippen LogP contribution in [-0.4, -0.2) is 44.3 Å². The van der Waals surface area contributed by atoms with Crippen molar-refractivity contribution in [2.75, 3.05) is 38.1 Å². The number of benzene rings is 1. The summed E-state index contributed by atoms with van der Waals surface area (Å²) < 4.78 is 0. The minimum atomic E-state index is -0.955. The normalized spacial score (nSPS) is 14.0. The summed E-state index contributed by atoms with van der Waals surface area (Å²) >= 11 is 1.58. The number of likely N-dealkylation sites (N-methyl/N-ethyl adjacent to an activating group) is 1. The summed E-state index contributed by atoms with van der Waals surface area (Å²) in [6.45, 7) is 6.54. The fourth-order valence-corrected chi connectivity index (χ4v) is 3.17. The molecule has 0 spiro atoms. The van der Waals surface area contributed by atoms with Crippen molar-refractivity contribution in [3.8, 4) is 0 Å². The van der Waals surface area contributed by atoms with Crippen molar-refractivity contribution in [3.05, 3.63) is 52.7 Å². The molecule has 136 valence electrons. The number of rotatable bonds is 8. The Labute approximate surface area is 154 Å². The molecule has 25 heavy (non-hydrogen) atoms. The van der Waals surface area contributed by atoms with Crippen LogP contribution in [0.2, 0.25) is 0 Å². The van der Waals surface area contributed by atoms with Gasteiger partial charge in [0.1, 0.15) is 5.60 Å². The minimum absolute atomic E-state index is 0.313. The number of hydrogen-bond acceptors (Lipinski definition) is 4. The summed E-state index contributed by atoms with van der Waals surface area (Å²) in [4.78, 5) is 6.73. The van der Waals surface area contributed by atoms with Gasteiger partial charge in [0, 0.05) is 32.4 Å². The van der Waals surface area contributed by atoms with E-state index in [1.165, 1.54) is 5.69 Å². The summed E-state index contributed by atoms with van der Waals surface area (Å²) in [5.41, 5.74) is 1.14. The Morgan fingerprint density at radius 3 is 2.64 bits per heavy atom. The number of nitrogens with zero attached hydrogens (tertiary/aromatic N) is 2. The second-order valence-corrected chi connectivity index (χ2v) is 6.94. The maximum atomic E-state index is 10.6. The van der Waals surface area contributed by atoms with E-state index in [1.807, 2.05) is 41.9 Å². The molecule has 1 unspecified atom stereocenters. The molecule has 0 bridgehead atoms. The molecule has 0 amide bonds. The number of aliphatic imine (C=N–C) groups is 1. The smallest absolute Gasteiger partial charge is 0.191 e. The molecule has 1 aromatic heterocycles. The lowest BCUT2D eigenvalue weighted by Gasteiger charge is -2.22. The first-order valence-electron chi connectivity index (χ1n) is 8.56. The summed E-state index contributed by atoms with van der Waals surface area (Å²) in [5, 5.41) is 21.1. The molecule has 1 atom stereocenters. The summed E-state index contributed by atoms with van der Waals surface area (Å²) in [7, 11) is 2.07. The van der Waals surface area contributed by atoms with E-state index < -0.39 is 5.60 Å². The molecule has 0 fully saturated rings. The standard InChI is InChI=1S/C19H28N4OS/c1-4-20-18(22-15-19(2,24)16-10-13-25-14-16)21-11-12-23(3)17-8-6-5-7-9-17/h5-10,13-14,24H,4,11-12,15H2,1-3H3,(H2,20,21,22). The third-order valence-electron chi connectivity index (χ3n) is 3.97. The van der Waals surface area contributed by atoms with E-state index in [-0.39, 0.29) is 0 Å². The number of aliphatic hydroxyl groups is 1. The van der Waals surface area contributed by atoms with Gasteiger partial charge in [-0.2, -0.15) is 11.3 Å². The molecular weight excluding hydrogens is 332 g/mol. The minimum Gasteiger partial charge on any atom is -0.383 e. The van der Waals surface area contributed by atoms with Crippen molar-refractivity contribution in [3.63, 3.8) is 0 Å². The second kappa shape index (κ2) is 9.44. The van der Waals surface area contributed by atoms with Gasteiger partial charge in [0.25, 0.3) is 0 Å². The van der Waals surface area contributed by atoms with Crippen molar-refractivity contribution in [2.45, 2.75) is 19.4 Å². The van der Waals surface area contributed by atoms with E-state index in [0.29, 0.717) is 6.54 Å². The second-order valence-electron chi connectivity index (χ2n) is 6.16. The van der Waals surface area contributed by atoms with Gasteiger partial charge in [-0.15, -0.1) is 0 Å². The number of guanidine groups is 1. The predicted octanol–water partition coefficient (Wildman–Crippen LogP) is 2.65. The maximum Gasteiger partial charge on any atom is 0.191 e. The van der Waals surface area contributed by atoms with E-state index in [0.717, 1.165) is 31.2 Å². The molecule has 6 heteroatoms. The zero-order valence-corrected chi connectivity index (χ0v) is 16.0. The van der Waals surface area contributed by atoms with Gasteiger partial charge in [-0.1, -0.05) is 18.2 Å². The topological polar surface area (TPSA) is 59.9 Å². The van der Waals surface area contributed by atoms with Gasteiger partial charge in [-0.05, 0) is 48.4 Å². The Bertz CT molecular complexity index is 641. The zero-order chi connectivity index (χ0) is 18.1. The van der Waals surface area contributed by atoms with Crippen LogP contribution in [0.25, 0.3) is 0 Å². The van der Waals surface area contributed by atoms with Crippen LogP contribution in [0, 0.1) is 0 Å². The maximum absolute atomic E-state index is 10.6. The Morgan fingerprint density at radius 1 is 1.24 bits per heavy atom. The van der Waals surface area contributed by atoms with Crippen LogP contribution in [0.4, 0.5) is 5.69 Å². The fraction of sp³-hybridized carbons (Fsp3) is 0.421. The fourth-order valence-electron chi connectivity index (χ4n) is 2.39. The monoisotopic (exact) mass is 360 g/mol. The van der Waals surface area contributed by atoms with Gasteiger partial charge in [-0.25, -0.2) is 4.99 Å². The van der Waals surface area contributed by atoms with Crippen molar-refractivity contribution in [2.24, 2.45) is 4.99 Å². The van der Waals surface area contributed by atoms with E-state index >= 15 is 0 Å². The average Bonchev–Trinajstić information content (AvgIpc) is 3.16. The van der Waals surface area contributed by atoms with Crippen molar-refractivity contribution in [1.82, 2.24) is 10.6 Å². The molecule has 0 aliphatic carbocycles. The quantitative estimate of drug-likeness (QED) is 0.500. The highest BCUT2D eigenvalue weighted by molar-refractivity contribution is 7.08. The summed E-state index contributed by atoms with van der Waals surface area (Å²) in [6.07, 6.45) is 0. The molecule has 0 saturated heterocycles. The summed E-state index contributed by atoms with van der Waals surface area (Å²) in [5.74, 6) is 0.722. The first-order valence-corrected chi connectivity index (χ1v) is 9.50. The summed E-state index contributed by atoms with van der Waals surface area (Å²) in [6, 6.07) is 12.2. The van der Waals surface area contributed by atoms with Gasteiger partial charge in [-0.3, -0.25) is 0 Å². The first-order chi connectivity index (χ1) is 12.0. The molecule has 2 aromatic rings. The lowest BCUT2D eigenvalue weighted by molar-refractivity contribution is 0.0677. The predicted molar refractivity (Wildman–Crippen MR) is 108 cm³/mol. The van der Waals surface area contributed by atoms with Crippen LogP contribution in [0.1, 0.15) is 19.4 Å². The van der Waals surface area contributed by atoms with E-state index in [9.17, 15) is 5.11 Å². The molecular formula is C19H28N4OS. The molecule has 1 heterocycles. The van der Waals surface area contributed by atoms with Gasteiger partial charge >= 0.3 is 0 Å². The molecule has 0 aliphatic rings. The van der Waals surface area contributed by atoms with Crippen LogP contribution in [0.5, 0.6) is 0 Å². The largest absolute Gasteiger partial charge is 0.383 e. The lowest BCUT2D eigenvalue weighted by Crippen LogP contribution is -2.42. The lowest BCUT2D eigenvalue weighted by atomic mass is 10.00. The van der Waals surface area contributed by atoms with Crippen LogP contribution >= 0.6 is 11.3 Å². The Hall–Kier alpha value is -2.05. The molecule has 3 N–H and O–H groups in total. The van der Waals surface area contributed by atoms with Crippen molar-refractivity contribution in [1.29, 1.82) is 0 Å². The van der Waals surface area contributed by atoms with Gasteiger partial charge in [0.2, 0.25) is 0 Å². The first kappa shape index (κ1) is 19.3. The molecule has 1 aromatic carbocycles. The van der Waals surface area contributed by atoms with Crippen LogP contribution in [0.3, 0.4) is 0 Å². The third-order valence-corrected chi connectivity index (χ3v) is 4.65. The molecule has 0 aliphatic heterocycles. The van der Waals surface area contributed by atoms with Crippen LogP contribution in [-0.2, 0) is 5.60 Å². The highest BCUT2D eigenvalue weighted by Crippen LogP contribution is 2.23. The van der Waals surface area contributed by atoms with Crippen LogP contribution < -0.4 is 15.5 Å². The van der Waals surface area contributed by atoms with Gasteiger partial charge in [0.05, 0.1) is 6.54 Å². The SMILES string of the molecule is CCNC(=NCC(C)(O)c1ccsc1)NCCN(C)c1ccccc1. The number of para-hydroxylation sites is 1. The van der Waals surface area contributed by atoms with Crippen molar-refractivity contribution < 1.29 is 5.11 Å². The van der Waals surface area contributed by atoms with E-state index in [1.54, 1.807) is 18.3 Å². The van der Waals surface area contributed by atoms with Crippen molar-refractivity contribution >= 4 is 23.0 Å². The number of hydrogen-bond donors (Lipinski definition) is 3. The Morgan fingerprint density at radius 2 is 2.00 bits per heavy atom.